The molecule has 4 rings (SSSR count). The number of hydrogen-bond donors (Lipinski definition) is 1. The van der Waals surface area contributed by atoms with Crippen LogP contribution in [-0.2, 0) is 19.1 Å². The number of methoxy groups -OCH3 is 1. The summed E-state index contributed by atoms with van der Waals surface area (Å²) < 4.78 is 11.3. The summed E-state index contributed by atoms with van der Waals surface area (Å²) in [5, 5.41) is 5.16. The number of rotatable bonds is 7. The summed E-state index contributed by atoms with van der Waals surface area (Å²) in [4.78, 5) is 29.8. The summed E-state index contributed by atoms with van der Waals surface area (Å²) in [6.07, 6.45) is 3.17. The fraction of sp³-hybridized carbons (Fsp3) is 0.407. The number of nitrogens with one attached hydrogen (secondary N) is 1. The lowest BCUT2D eigenvalue weighted by Crippen LogP contribution is -2.36. The molecule has 34 heavy (non-hydrogen) atoms. The predicted octanol–water partition coefficient (Wildman–Crippen LogP) is 4.93. The van der Waals surface area contributed by atoms with Gasteiger partial charge in [0.2, 0.25) is 0 Å². The summed E-state index contributed by atoms with van der Waals surface area (Å²) in [5.41, 5.74) is 3.24. The smallest absolute Gasteiger partial charge is 0.337 e. The van der Waals surface area contributed by atoms with Crippen LogP contribution in [0.2, 0.25) is 0 Å². The van der Waals surface area contributed by atoms with Crippen molar-refractivity contribution in [1.29, 1.82) is 0 Å². The molecule has 1 N–H and O–H groups in total. The van der Waals surface area contributed by atoms with Crippen LogP contribution < -0.4 is 5.32 Å². The molecule has 0 saturated carbocycles. The zero-order chi connectivity index (χ0) is 24.1. The SMILES string of the molecule is COC(=O)C1=C(C)NC(C)=C(C(=O)O[C@H](CN2CCCCC2)c2ccccc2)[C@@H]1c1cccs1. The zero-order valence-corrected chi connectivity index (χ0v) is 20.8. The van der Waals surface area contributed by atoms with Crippen LogP contribution in [0.25, 0.3) is 0 Å². The van der Waals surface area contributed by atoms with Crippen LogP contribution in [-0.4, -0.2) is 43.6 Å². The van der Waals surface area contributed by atoms with Gasteiger partial charge in [-0.2, -0.15) is 0 Å². The van der Waals surface area contributed by atoms with E-state index in [-0.39, 0.29) is 0 Å². The number of hydrogen-bond acceptors (Lipinski definition) is 7. The first-order valence-corrected chi connectivity index (χ1v) is 12.7. The van der Waals surface area contributed by atoms with Gasteiger partial charge in [-0.05, 0) is 56.8 Å². The number of allylic oxidation sites excluding steroid dienone is 2. The number of piperidine rings is 1. The van der Waals surface area contributed by atoms with Gasteiger partial charge in [0.15, 0.2) is 0 Å². The van der Waals surface area contributed by atoms with Gasteiger partial charge >= 0.3 is 11.9 Å². The molecule has 2 aliphatic rings. The number of thiophene rings is 1. The van der Waals surface area contributed by atoms with Gasteiger partial charge in [0.05, 0.1) is 24.2 Å². The maximum absolute atomic E-state index is 13.8. The third kappa shape index (κ3) is 5.26. The minimum Gasteiger partial charge on any atom is -0.466 e. The zero-order valence-electron chi connectivity index (χ0n) is 20.0. The number of benzene rings is 1. The standard InChI is InChI=1S/C27H32N2O4S/c1-18-23(26(30)32-3)25(22-13-10-16-34-22)24(19(2)28-18)27(31)33-21(20-11-6-4-7-12-20)17-29-14-8-5-9-15-29/h4,6-7,10-13,16,21,25,28H,5,8-9,14-15,17H2,1-3H3/t21-,25-/m1/s1. The Kier molecular flexibility index (Phi) is 7.85. The van der Waals surface area contributed by atoms with Crippen molar-refractivity contribution in [2.45, 2.75) is 45.1 Å². The van der Waals surface area contributed by atoms with Crippen molar-refractivity contribution in [3.63, 3.8) is 0 Å². The van der Waals surface area contributed by atoms with Gasteiger partial charge in [0.25, 0.3) is 0 Å². The molecule has 0 amide bonds. The fourth-order valence-corrected chi connectivity index (χ4v) is 5.68. The van der Waals surface area contributed by atoms with Crippen molar-refractivity contribution in [1.82, 2.24) is 10.2 Å². The van der Waals surface area contributed by atoms with Gasteiger partial charge in [-0.25, -0.2) is 9.59 Å². The van der Waals surface area contributed by atoms with E-state index in [0.29, 0.717) is 29.1 Å². The predicted molar refractivity (Wildman–Crippen MR) is 133 cm³/mol. The molecule has 1 aromatic carbocycles. The Labute approximate surface area is 205 Å². The molecule has 1 saturated heterocycles. The van der Waals surface area contributed by atoms with E-state index >= 15 is 0 Å². The third-order valence-corrected chi connectivity index (χ3v) is 7.44. The largest absolute Gasteiger partial charge is 0.466 e. The first kappa shape index (κ1) is 24.2. The van der Waals surface area contributed by atoms with Gasteiger partial charge in [0.1, 0.15) is 6.10 Å². The average Bonchev–Trinajstić information content (AvgIpc) is 3.38. The summed E-state index contributed by atoms with van der Waals surface area (Å²) >= 11 is 1.51. The third-order valence-electron chi connectivity index (χ3n) is 6.51. The number of carbonyl (C=O) groups excluding carboxylic acids is 2. The molecule has 180 valence electrons. The number of esters is 2. The number of carbonyl (C=O) groups is 2. The maximum atomic E-state index is 13.8. The lowest BCUT2D eigenvalue weighted by atomic mass is 9.84. The van der Waals surface area contributed by atoms with E-state index in [4.69, 9.17) is 9.47 Å². The molecule has 0 radical (unpaired) electrons. The normalized spacial score (nSPS) is 20.0. The topological polar surface area (TPSA) is 67.9 Å². The molecule has 1 aromatic heterocycles. The minimum atomic E-state index is -0.535. The van der Waals surface area contributed by atoms with Gasteiger partial charge in [-0.15, -0.1) is 11.3 Å². The number of likely N-dealkylation sites (tertiary alicyclic amines) is 1. The summed E-state index contributed by atoms with van der Waals surface area (Å²) in [7, 11) is 1.36. The first-order valence-electron chi connectivity index (χ1n) is 11.8. The first-order chi connectivity index (χ1) is 16.5. The molecular weight excluding hydrogens is 448 g/mol. The second-order valence-corrected chi connectivity index (χ2v) is 9.79. The Balaban J connectivity index is 1.66. The molecule has 0 aliphatic carbocycles. The Hall–Kier alpha value is -2.90. The van der Waals surface area contributed by atoms with E-state index in [0.717, 1.165) is 36.4 Å². The highest BCUT2D eigenvalue weighted by atomic mass is 32.1. The fourth-order valence-electron chi connectivity index (χ4n) is 4.83. The van der Waals surface area contributed by atoms with Crippen LogP contribution >= 0.6 is 11.3 Å². The molecule has 7 heteroatoms. The lowest BCUT2D eigenvalue weighted by molar-refractivity contribution is -0.146. The highest BCUT2D eigenvalue weighted by molar-refractivity contribution is 7.10. The number of nitrogens with zero attached hydrogens (tertiary/aromatic N) is 1. The molecule has 0 bridgehead atoms. The number of ether oxygens (including phenoxy) is 2. The van der Waals surface area contributed by atoms with E-state index < -0.39 is 24.0 Å². The molecule has 3 heterocycles. The Bertz CT molecular complexity index is 1070. The average molecular weight is 481 g/mol. The number of dihydropyridines is 1. The van der Waals surface area contributed by atoms with Crippen molar-refractivity contribution in [3.05, 3.63) is 80.8 Å². The second-order valence-electron chi connectivity index (χ2n) is 8.81. The van der Waals surface area contributed by atoms with Gasteiger partial charge < -0.3 is 14.8 Å². The monoisotopic (exact) mass is 480 g/mol. The minimum absolute atomic E-state index is 0.398. The summed E-state index contributed by atoms with van der Waals surface area (Å²) in [6.45, 7) is 6.36. The van der Waals surface area contributed by atoms with E-state index in [1.54, 1.807) is 0 Å². The van der Waals surface area contributed by atoms with Crippen LogP contribution in [0, 0.1) is 0 Å². The Morgan fingerprint density at radius 2 is 1.68 bits per heavy atom. The van der Waals surface area contributed by atoms with Gasteiger partial charge in [-0.1, -0.05) is 42.8 Å². The highest BCUT2D eigenvalue weighted by Crippen LogP contribution is 2.41. The molecule has 6 nitrogen and oxygen atoms in total. The van der Waals surface area contributed by atoms with Crippen LogP contribution in [0.4, 0.5) is 0 Å². The van der Waals surface area contributed by atoms with E-state index in [2.05, 4.69) is 10.2 Å². The van der Waals surface area contributed by atoms with Crippen LogP contribution in [0.15, 0.2) is 70.4 Å². The van der Waals surface area contributed by atoms with E-state index in [1.165, 1.54) is 24.9 Å². The van der Waals surface area contributed by atoms with Crippen LogP contribution in [0.1, 0.15) is 55.6 Å². The Morgan fingerprint density at radius 3 is 2.29 bits per heavy atom. The van der Waals surface area contributed by atoms with E-state index in [9.17, 15) is 9.59 Å². The molecular formula is C27H32N2O4S. The van der Waals surface area contributed by atoms with Crippen LogP contribution in [0.5, 0.6) is 0 Å². The highest BCUT2D eigenvalue weighted by Gasteiger charge is 2.39. The summed E-state index contributed by atoms with van der Waals surface area (Å²) in [6, 6.07) is 13.8. The quantitative estimate of drug-likeness (QED) is 0.567. The molecule has 2 aromatic rings. The van der Waals surface area contributed by atoms with Crippen molar-refractivity contribution < 1.29 is 19.1 Å². The van der Waals surface area contributed by atoms with Crippen molar-refractivity contribution in [2.75, 3.05) is 26.7 Å². The Morgan fingerprint density at radius 1 is 1.00 bits per heavy atom. The van der Waals surface area contributed by atoms with Crippen molar-refractivity contribution in [2.24, 2.45) is 0 Å². The summed E-state index contributed by atoms with van der Waals surface area (Å²) in [5.74, 6) is -1.40. The van der Waals surface area contributed by atoms with Crippen LogP contribution in [0.3, 0.4) is 0 Å². The van der Waals surface area contributed by atoms with Gasteiger partial charge in [0, 0.05) is 22.8 Å². The molecule has 2 atom stereocenters. The second kappa shape index (κ2) is 11.0. The van der Waals surface area contributed by atoms with Gasteiger partial charge in [-0.3, -0.25) is 4.90 Å². The van der Waals surface area contributed by atoms with Crippen molar-refractivity contribution in [3.8, 4) is 0 Å². The molecule has 0 unspecified atom stereocenters. The molecule has 2 aliphatic heterocycles. The lowest BCUT2D eigenvalue weighted by Gasteiger charge is -2.33. The van der Waals surface area contributed by atoms with E-state index in [1.807, 2.05) is 61.7 Å². The molecule has 1 fully saturated rings. The maximum Gasteiger partial charge on any atom is 0.337 e. The van der Waals surface area contributed by atoms with Crippen molar-refractivity contribution >= 4 is 23.3 Å². The molecule has 0 spiro atoms.